The number of rotatable bonds is 1. The third-order valence-corrected chi connectivity index (χ3v) is 4.37. The van der Waals surface area contributed by atoms with Gasteiger partial charge in [0.05, 0.1) is 5.69 Å². The smallest absolute Gasteiger partial charge is 0.202 e. The highest BCUT2D eigenvalue weighted by Crippen LogP contribution is 2.47. The van der Waals surface area contributed by atoms with Crippen molar-refractivity contribution in [1.29, 1.82) is 0 Å². The van der Waals surface area contributed by atoms with Crippen molar-refractivity contribution < 1.29 is 0 Å². The van der Waals surface area contributed by atoms with Crippen LogP contribution >= 0.6 is 0 Å². The third kappa shape index (κ3) is 1.39. The van der Waals surface area contributed by atoms with Crippen molar-refractivity contribution in [2.45, 2.75) is 46.1 Å². The van der Waals surface area contributed by atoms with Crippen LogP contribution < -0.4 is 5.73 Å². The van der Waals surface area contributed by atoms with E-state index in [0.29, 0.717) is 12.0 Å². The zero-order chi connectivity index (χ0) is 13.1. The fraction of sp³-hybridized carbons (Fsp3) is 0.692. The molecule has 1 fully saturated rings. The molecule has 0 spiro atoms. The highest BCUT2D eigenvalue weighted by Gasteiger charge is 2.38. The molecule has 2 aromatic rings. The second-order valence-electron chi connectivity index (χ2n) is 6.12. The monoisotopic (exact) mass is 247 g/mol. The summed E-state index contributed by atoms with van der Waals surface area (Å²) in [7, 11) is 1.97. The molecule has 0 amide bonds. The van der Waals surface area contributed by atoms with E-state index in [1.807, 2.05) is 18.7 Å². The van der Waals surface area contributed by atoms with E-state index in [9.17, 15) is 0 Å². The SMILES string of the molecule is Cc1nn(C)c2c1nc(N)n2C1CCCC1(C)C. The maximum atomic E-state index is 6.15. The van der Waals surface area contributed by atoms with E-state index in [2.05, 4.69) is 28.5 Å². The van der Waals surface area contributed by atoms with Gasteiger partial charge in [0.1, 0.15) is 5.52 Å². The topological polar surface area (TPSA) is 61.7 Å². The molecule has 0 saturated heterocycles. The molecule has 0 aliphatic heterocycles. The number of nitrogens with two attached hydrogens (primary N) is 1. The van der Waals surface area contributed by atoms with Gasteiger partial charge >= 0.3 is 0 Å². The molecule has 1 aliphatic rings. The highest BCUT2D eigenvalue weighted by molar-refractivity contribution is 5.77. The molecule has 5 heteroatoms. The molecule has 1 atom stereocenters. The summed E-state index contributed by atoms with van der Waals surface area (Å²) in [5, 5.41) is 4.45. The Morgan fingerprint density at radius 2 is 2.11 bits per heavy atom. The molecule has 0 bridgehead atoms. The minimum absolute atomic E-state index is 0.278. The van der Waals surface area contributed by atoms with Gasteiger partial charge in [0, 0.05) is 13.1 Å². The normalized spacial score (nSPS) is 23.0. The number of nitrogen functional groups attached to an aromatic ring is 1. The van der Waals surface area contributed by atoms with Crippen molar-refractivity contribution in [3.05, 3.63) is 5.69 Å². The zero-order valence-electron chi connectivity index (χ0n) is 11.6. The minimum atomic E-state index is 0.278. The number of aromatic nitrogens is 4. The predicted octanol–water partition coefficient (Wildman–Crippen LogP) is 2.41. The number of nitrogens with zero attached hydrogens (tertiary/aromatic N) is 4. The van der Waals surface area contributed by atoms with Crippen molar-refractivity contribution in [3.8, 4) is 0 Å². The Balaban J connectivity index is 2.25. The van der Waals surface area contributed by atoms with E-state index in [0.717, 1.165) is 16.9 Å². The molecule has 2 heterocycles. The zero-order valence-corrected chi connectivity index (χ0v) is 11.6. The van der Waals surface area contributed by atoms with Crippen molar-refractivity contribution in [2.24, 2.45) is 12.5 Å². The van der Waals surface area contributed by atoms with Crippen LogP contribution in [0.4, 0.5) is 5.95 Å². The van der Waals surface area contributed by atoms with Crippen LogP contribution in [0.2, 0.25) is 0 Å². The Morgan fingerprint density at radius 1 is 1.39 bits per heavy atom. The van der Waals surface area contributed by atoms with Gasteiger partial charge < -0.3 is 5.73 Å². The fourth-order valence-electron chi connectivity index (χ4n) is 3.41. The van der Waals surface area contributed by atoms with Crippen molar-refractivity contribution in [2.75, 3.05) is 5.73 Å². The lowest BCUT2D eigenvalue weighted by Crippen LogP contribution is -2.23. The van der Waals surface area contributed by atoms with E-state index in [1.54, 1.807) is 0 Å². The standard InChI is InChI=1S/C13H21N5/c1-8-10-11(17(4)16-8)18(12(14)15-10)9-6-5-7-13(9,2)3/h9H,5-7H2,1-4H3,(H2,14,15). The first-order chi connectivity index (χ1) is 8.42. The minimum Gasteiger partial charge on any atom is -0.369 e. The lowest BCUT2D eigenvalue weighted by Gasteiger charge is -2.29. The number of imidazole rings is 1. The van der Waals surface area contributed by atoms with Crippen LogP contribution in [0, 0.1) is 12.3 Å². The molecule has 3 rings (SSSR count). The van der Waals surface area contributed by atoms with Gasteiger partial charge in [-0.1, -0.05) is 20.3 Å². The number of aryl methyl sites for hydroxylation is 2. The highest BCUT2D eigenvalue weighted by atomic mass is 15.4. The summed E-state index contributed by atoms with van der Waals surface area (Å²) in [5.74, 6) is 0.626. The molecule has 0 aromatic carbocycles. The largest absolute Gasteiger partial charge is 0.369 e. The summed E-state index contributed by atoms with van der Waals surface area (Å²) in [6.45, 7) is 6.62. The second-order valence-corrected chi connectivity index (χ2v) is 6.12. The first-order valence-corrected chi connectivity index (χ1v) is 6.59. The predicted molar refractivity (Wildman–Crippen MR) is 72.3 cm³/mol. The molecule has 2 N–H and O–H groups in total. The van der Waals surface area contributed by atoms with E-state index < -0.39 is 0 Å². The lowest BCUT2D eigenvalue weighted by atomic mass is 9.87. The maximum absolute atomic E-state index is 6.15. The quantitative estimate of drug-likeness (QED) is 0.841. The maximum Gasteiger partial charge on any atom is 0.202 e. The van der Waals surface area contributed by atoms with Gasteiger partial charge in [-0.15, -0.1) is 0 Å². The summed E-state index contributed by atoms with van der Waals surface area (Å²) in [6, 6.07) is 0.428. The van der Waals surface area contributed by atoms with Gasteiger partial charge in [-0.3, -0.25) is 9.25 Å². The van der Waals surface area contributed by atoms with Gasteiger partial charge in [0.2, 0.25) is 5.95 Å². The lowest BCUT2D eigenvalue weighted by molar-refractivity contribution is 0.266. The summed E-state index contributed by atoms with van der Waals surface area (Å²) in [4.78, 5) is 4.50. The Morgan fingerprint density at radius 3 is 2.72 bits per heavy atom. The van der Waals surface area contributed by atoms with Crippen LogP contribution in [0.25, 0.3) is 11.2 Å². The van der Waals surface area contributed by atoms with Crippen LogP contribution in [0.3, 0.4) is 0 Å². The average Bonchev–Trinajstić information content (AvgIpc) is 2.85. The Labute approximate surface area is 107 Å². The van der Waals surface area contributed by atoms with Gasteiger partial charge in [-0.2, -0.15) is 5.10 Å². The van der Waals surface area contributed by atoms with Crippen molar-refractivity contribution in [3.63, 3.8) is 0 Å². The average molecular weight is 247 g/mol. The second kappa shape index (κ2) is 3.49. The number of fused-ring (bicyclic) bond motifs is 1. The summed E-state index contributed by atoms with van der Waals surface area (Å²) in [6.07, 6.45) is 3.67. The van der Waals surface area contributed by atoms with Crippen LogP contribution in [0.5, 0.6) is 0 Å². The Hall–Kier alpha value is -1.52. The fourth-order valence-corrected chi connectivity index (χ4v) is 3.41. The van der Waals surface area contributed by atoms with Gasteiger partial charge in [0.25, 0.3) is 0 Å². The van der Waals surface area contributed by atoms with Crippen molar-refractivity contribution in [1.82, 2.24) is 19.3 Å². The molecular weight excluding hydrogens is 226 g/mol. The summed E-state index contributed by atoms with van der Waals surface area (Å²) >= 11 is 0. The van der Waals surface area contributed by atoms with Crippen molar-refractivity contribution >= 4 is 17.1 Å². The molecule has 1 aliphatic carbocycles. The van der Waals surface area contributed by atoms with Crippen LogP contribution in [0.15, 0.2) is 0 Å². The van der Waals surface area contributed by atoms with Crippen LogP contribution in [-0.4, -0.2) is 19.3 Å². The van der Waals surface area contributed by atoms with E-state index >= 15 is 0 Å². The summed E-state index contributed by atoms with van der Waals surface area (Å²) in [5.41, 5.74) is 9.38. The molecule has 0 radical (unpaired) electrons. The number of hydrogen-bond donors (Lipinski definition) is 1. The Bertz CT molecular complexity index is 604. The molecule has 5 nitrogen and oxygen atoms in total. The third-order valence-electron chi connectivity index (χ3n) is 4.37. The molecule has 18 heavy (non-hydrogen) atoms. The molecule has 1 saturated carbocycles. The number of hydrogen-bond acceptors (Lipinski definition) is 3. The van der Waals surface area contributed by atoms with E-state index in [4.69, 9.17) is 5.73 Å². The Kier molecular flexibility index (Phi) is 2.24. The van der Waals surface area contributed by atoms with Gasteiger partial charge in [0.15, 0.2) is 5.65 Å². The van der Waals surface area contributed by atoms with Gasteiger partial charge in [-0.25, -0.2) is 4.98 Å². The van der Waals surface area contributed by atoms with Gasteiger partial charge in [-0.05, 0) is 25.2 Å². The van der Waals surface area contributed by atoms with Crippen LogP contribution in [0.1, 0.15) is 44.8 Å². The van der Waals surface area contributed by atoms with Crippen LogP contribution in [-0.2, 0) is 7.05 Å². The molecule has 1 unspecified atom stereocenters. The van der Waals surface area contributed by atoms with E-state index in [1.165, 1.54) is 19.3 Å². The molecule has 2 aromatic heterocycles. The summed E-state index contributed by atoms with van der Waals surface area (Å²) < 4.78 is 4.10. The van der Waals surface area contributed by atoms with E-state index in [-0.39, 0.29) is 5.41 Å². The first kappa shape index (κ1) is 11.6. The number of anilines is 1. The first-order valence-electron chi connectivity index (χ1n) is 6.59. The molecule has 98 valence electrons. The molecular formula is C13H21N5.